The van der Waals surface area contributed by atoms with Crippen molar-refractivity contribution in [1.29, 1.82) is 0 Å². The summed E-state index contributed by atoms with van der Waals surface area (Å²) in [6.07, 6.45) is 3.38. The third-order valence-corrected chi connectivity index (χ3v) is 6.03. The number of nitrogens with one attached hydrogen (secondary N) is 1. The minimum absolute atomic E-state index is 0.100. The zero-order chi connectivity index (χ0) is 11.4. The van der Waals surface area contributed by atoms with E-state index >= 15 is 0 Å². The maximum absolute atomic E-state index is 12.2. The molecule has 0 saturated carbocycles. The monoisotopic (exact) mass is 247 g/mol. The second-order valence-electron chi connectivity index (χ2n) is 4.83. The van der Waals surface area contributed by atoms with E-state index in [0.29, 0.717) is 11.7 Å². The van der Waals surface area contributed by atoms with E-state index in [9.17, 15) is 8.42 Å². The van der Waals surface area contributed by atoms with E-state index in [1.54, 1.807) is 0 Å². The summed E-state index contributed by atoms with van der Waals surface area (Å²) in [7, 11) is -2.88. The van der Waals surface area contributed by atoms with Gasteiger partial charge in [-0.15, -0.1) is 0 Å². The number of ether oxygens (including phenoxy) is 1. The first-order valence-electron chi connectivity index (χ1n) is 6.18. The third kappa shape index (κ3) is 3.18. The number of sulfone groups is 1. The second kappa shape index (κ2) is 5.47. The Morgan fingerprint density at radius 2 is 1.69 bits per heavy atom. The maximum Gasteiger partial charge on any atom is 0.153 e. The van der Waals surface area contributed by atoms with Crippen molar-refractivity contribution in [3.8, 4) is 0 Å². The van der Waals surface area contributed by atoms with Gasteiger partial charge in [0.15, 0.2) is 9.84 Å². The molecule has 2 saturated heterocycles. The molecule has 94 valence electrons. The molecule has 2 fully saturated rings. The molecule has 0 amide bonds. The first-order valence-corrected chi connectivity index (χ1v) is 7.90. The largest absolute Gasteiger partial charge is 0.381 e. The molecular weight excluding hydrogens is 226 g/mol. The Labute approximate surface area is 97.7 Å². The van der Waals surface area contributed by atoms with Crippen molar-refractivity contribution in [2.45, 2.75) is 30.9 Å². The summed E-state index contributed by atoms with van der Waals surface area (Å²) in [5, 5.41) is 3.11. The predicted molar refractivity (Wildman–Crippen MR) is 63.2 cm³/mol. The molecule has 0 aromatic rings. The standard InChI is InChI=1S/C11H21NO3S/c13-16(14,11-1-5-12-6-2-11)9-10-3-7-15-8-4-10/h10-12H,1-9H2. The minimum Gasteiger partial charge on any atom is -0.381 e. The quantitative estimate of drug-likeness (QED) is 0.792. The molecular formula is C11H21NO3S. The van der Waals surface area contributed by atoms with Crippen molar-refractivity contribution in [2.24, 2.45) is 5.92 Å². The highest BCUT2D eigenvalue weighted by molar-refractivity contribution is 7.92. The number of hydrogen-bond donors (Lipinski definition) is 1. The van der Waals surface area contributed by atoms with Gasteiger partial charge >= 0.3 is 0 Å². The van der Waals surface area contributed by atoms with Crippen LogP contribution in [0.15, 0.2) is 0 Å². The molecule has 2 rings (SSSR count). The average Bonchev–Trinajstić information content (AvgIpc) is 2.31. The Hall–Kier alpha value is -0.130. The van der Waals surface area contributed by atoms with Crippen molar-refractivity contribution in [2.75, 3.05) is 32.1 Å². The Balaban J connectivity index is 1.90. The third-order valence-electron chi connectivity index (χ3n) is 3.60. The summed E-state index contributed by atoms with van der Waals surface area (Å²) in [6, 6.07) is 0. The highest BCUT2D eigenvalue weighted by Crippen LogP contribution is 2.22. The zero-order valence-electron chi connectivity index (χ0n) is 9.65. The maximum atomic E-state index is 12.2. The van der Waals surface area contributed by atoms with E-state index in [1.807, 2.05) is 0 Å². The molecule has 5 heteroatoms. The molecule has 2 heterocycles. The van der Waals surface area contributed by atoms with Crippen LogP contribution in [0.25, 0.3) is 0 Å². The van der Waals surface area contributed by atoms with Crippen LogP contribution >= 0.6 is 0 Å². The van der Waals surface area contributed by atoms with Crippen LogP contribution in [0.1, 0.15) is 25.7 Å². The molecule has 2 aliphatic rings. The van der Waals surface area contributed by atoms with Gasteiger partial charge in [0, 0.05) is 13.2 Å². The van der Waals surface area contributed by atoms with Crippen LogP contribution < -0.4 is 5.32 Å². The fraction of sp³-hybridized carbons (Fsp3) is 1.00. The molecule has 0 spiro atoms. The van der Waals surface area contributed by atoms with Crippen LogP contribution in [0.4, 0.5) is 0 Å². The summed E-state index contributed by atoms with van der Waals surface area (Å²) in [5.41, 5.74) is 0. The highest BCUT2D eigenvalue weighted by Gasteiger charge is 2.30. The highest BCUT2D eigenvalue weighted by atomic mass is 32.2. The molecule has 0 atom stereocenters. The predicted octanol–water partition coefficient (Wildman–Crippen LogP) is 0.580. The van der Waals surface area contributed by atoms with Gasteiger partial charge < -0.3 is 10.1 Å². The van der Waals surface area contributed by atoms with Gasteiger partial charge in [-0.1, -0.05) is 0 Å². The molecule has 2 aliphatic heterocycles. The van der Waals surface area contributed by atoms with Crippen molar-refractivity contribution in [3.05, 3.63) is 0 Å². The lowest BCUT2D eigenvalue weighted by Crippen LogP contribution is -2.38. The Kier molecular flexibility index (Phi) is 4.21. The van der Waals surface area contributed by atoms with Gasteiger partial charge in [0.2, 0.25) is 0 Å². The van der Waals surface area contributed by atoms with Gasteiger partial charge in [-0.3, -0.25) is 0 Å². The fourth-order valence-corrected chi connectivity index (χ4v) is 4.75. The van der Waals surface area contributed by atoms with E-state index in [0.717, 1.165) is 52.0 Å². The van der Waals surface area contributed by atoms with E-state index in [2.05, 4.69) is 5.32 Å². The Bertz CT molecular complexity index is 303. The van der Waals surface area contributed by atoms with Crippen LogP contribution in [0, 0.1) is 5.92 Å². The lowest BCUT2D eigenvalue weighted by molar-refractivity contribution is 0.0723. The van der Waals surface area contributed by atoms with Crippen molar-refractivity contribution >= 4 is 9.84 Å². The van der Waals surface area contributed by atoms with Crippen LogP contribution in [0.5, 0.6) is 0 Å². The summed E-state index contributed by atoms with van der Waals surface area (Å²) >= 11 is 0. The molecule has 0 aromatic carbocycles. The lowest BCUT2D eigenvalue weighted by Gasteiger charge is -2.27. The number of piperidine rings is 1. The topological polar surface area (TPSA) is 55.4 Å². The van der Waals surface area contributed by atoms with Crippen molar-refractivity contribution < 1.29 is 13.2 Å². The first-order chi connectivity index (χ1) is 7.68. The van der Waals surface area contributed by atoms with Gasteiger partial charge in [-0.25, -0.2) is 8.42 Å². The second-order valence-corrected chi connectivity index (χ2v) is 7.16. The summed E-state index contributed by atoms with van der Waals surface area (Å²) in [6.45, 7) is 3.15. The van der Waals surface area contributed by atoms with Crippen LogP contribution in [-0.2, 0) is 14.6 Å². The average molecular weight is 247 g/mol. The van der Waals surface area contributed by atoms with Crippen molar-refractivity contribution in [1.82, 2.24) is 5.32 Å². The van der Waals surface area contributed by atoms with Gasteiger partial charge in [0.05, 0.1) is 11.0 Å². The van der Waals surface area contributed by atoms with Gasteiger partial charge in [-0.05, 0) is 44.7 Å². The zero-order valence-corrected chi connectivity index (χ0v) is 10.5. The van der Waals surface area contributed by atoms with E-state index < -0.39 is 9.84 Å². The molecule has 0 radical (unpaired) electrons. The number of hydrogen-bond acceptors (Lipinski definition) is 4. The van der Waals surface area contributed by atoms with Gasteiger partial charge in [-0.2, -0.15) is 0 Å². The molecule has 0 aliphatic carbocycles. The first kappa shape index (κ1) is 12.3. The van der Waals surface area contributed by atoms with E-state index in [1.165, 1.54) is 0 Å². The van der Waals surface area contributed by atoms with Crippen molar-refractivity contribution in [3.63, 3.8) is 0 Å². The fourth-order valence-electron chi connectivity index (χ4n) is 2.53. The van der Waals surface area contributed by atoms with Crippen LogP contribution in [0.2, 0.25) is 0 Å². The molecule has 0 unspecified atom stereocenters. The molecule has 0 bridgehead atoms. The van der Waals surface area contributed by atoms with Gasteiger partial charge in [0.1, 0.15) is 0 Å². The summed E-state index contributed by atoms with van der Waals surface area (Å²) in [5.74, 6) is 0.703. The summed E-state index contributed by atoms with van der Waals surface area (Å²) in [4.78, 5) is 0. The molecule has 0 aromatic heterocycles. The van der Waals surface area contributed by atoms with Gasteiger partial charge in [0.25, 0.3) is 0 Å². The lowest BCUT2D eigenvalue weighted by atomic mass is 10.0. The van der Waals surface area contributed by atoms with Crippen LogP contribution in [-0.4, -0.2) is 45.7 Å². The number of rotatable bonds is 3. The van der Waals surface area contributed by atoms with E-state index in [-0.39, 0.29) is 5.25 Å². The Morgan fingerprint density at radius 3 is 2.31 bits per heavy atom. The molecule has 16 heavy (non-hydrogen) atoms. The van der Waals surface area contributed by atoms with E-state index in [4.69, 9.17) is 4.74 Å². The molecule has 1 N–H and O–H groups in total. The smallest absolute Gasteiger partial charge is 0.153 e. The Morgan fingerprint density at radius 1 is 1.06 bits per heavy atom. The SMILES string of the molecule is O=S(=O)(CC1CCOCC1)C1CCNCC1. The minimum atomic E-state index is -2.88. The molecule has 4 nitrogen and oxygen atoms in total. The summed E-state index contributed by atoms with van der Waals surface area (Å²) < 4.78 is 29.6. The normalized spacial score (nSPS) is 25.8. The van der Waals surface area contributed by atoms with Crippen LogP contribution in [0.3, 0.4) is 0 Å².